The van der Waals surface area contributed by atoms with E-state index in [1.54, 1.807) is 46.7 Å². The second kappa shape index (κ2) is 4.62. The minimum atomic E-state index is 0.448. The van der Waals surface area contributed by atoms with Crippen molar-refractivity contribution in [2.45, 2.75) is 65.7 Å². The normalized spacial score (nSPS) is 42.9. The highest BCUT2D eigenvalue weighted by Crippen LogP contribution is 2.60. The van der Waals surface area contributed by atoms with E-state index in [0.29, 0.717) is 5.41 Å². The molecule has 0 amide bonds. The lowest BCUT2D eigenvalue weighted by Gasteiger charge is -2.56. The van der Waals surface area contributed by atoms with E-state index in [1.807, 2.05) is 0 Å². The average Bonchev–Trinajstić information content (AvgIpc) is 2.26. The third-order valence-corrected chi connectivity index (χ3v) is 7.68. The molecule has 0 atom stereocenters. The quantitative estimate of drug-likeness (QED) is 0.597. The molecule has 1 heteroatoms. The minimum absolute atomic E-state index is 0.448. The molecule has 0 aliphatic heterocycles. The molecule has 4 bridgehead atoms. The molecule has 4 rings (SSSR count). The van der Waals surface area contributed by atoms with E-state index >= 15 is 0 Å². The smallest absolute Gasteiger partial charge is 0.00521 e. The standard InChI is InChI=1S/C17H29P/c1-4-16(2,3)11-18-12-17-8-13-5-14(9-17)7-15(6-13)10-17/h11,13-15H,4-10,12H2,1-3H3. The van der Waals surface area contributed by atoms with Gasteiger partial charge in [0, 0.05) is 0 Å². The zero-order chi connectivity index (χ0) is 12.8. The maximum atomic E-state index is 2.59. The van der Waals surface area contributed by atoms with Crippen LogP contribution in [-0.2, 0) is 0 Å². The van der Waals surface area contributed by atoms with Gasteiger partial charge >= 0.3 is 0 Å². The van der Waals surface area contributed by atoms with E-state index in [9.17, 15) is 0 Å². The van der Waals surface area contributed by atoms with E-state index in [1.165, 1.54) is 12.6 Å². The molecule has 18 heavy (non-hydrogen) atoms. The molecular weight excluding hydrogens is 235 g/mol. The van der Waals surface area contributed by atoms with Crippen LogP contribution in [-0.4, -0.2) is 12.0 Å². The first kappa shape index (κ1) is 13.2. The monoisotopic (exact) mass is 264 g/mol. The third-order valence-electron chi connectivity index (χ3n) is 5.94. The van der Waals surface area contributed by atoms with Gasteiger partial charge in [-0.15, -0.1) is 8.20 Å². The summed E-state index contributed by atoms with van der Waals surface area (Å²) >= 11 is 0. The van der Waals surface area contributed by atoms with E-state index in [2.05, 4.69) is 26.6 Å². The van der Waals surface area contributed by atoms with Gasteiger partial charge in [0.25, 0.3) is 0 Å². The van der Waals surface area contributed by atoms with Crippen molar-refractivity contribution in [3.8, 4) is 0 Å². The van der Waals surface area contributed by atoms with Crippen LogP contribution in [0.4, 0.5) is 0 Å². The summed E-state index contributed by atoms with van der Waals surface area (Å²) in [5, 5.41) is 0. The summed E-state index contributed by atoms with van der Waals surface area (Å²) in [6.07, 6.45) is 12.2. The SMILES string of the molecule is CCC(C)(C)C=PCC12CC3CC(CC(C3)C1)C2. The van der Waals surface area contributed by atoms with Crippen LogP contribution < -0.4 is 0 Å². The zero-order valence-corrected chi connectivity index (χ0v) is 13.3. The van der Waals surface area contributed by atoms with Crippen molar-refractivity contribution in [2.24, 2.45) is 28.6 Å². The van der Waals surface area contributed by atoms with Gasteiger partial charge in [-0.05, 0) is 79.7 Å². The zero-order valence-electron chi connectivity index (χ0n) is 12.4. The highest BCUT2D eigenvalue weighted by Gasteiger charge is 2.50. The van der Waals surface area contributed by atoms with Gasteiger partial charge in [0.1, 0.15) is 0 Å². The molecule has 0 heterocycles. The molecular formula is C17H29P. The van der Waals surface area contributed by atoms with E-state index in [4.69, 9.17) is 0 Å². The fraction of sp³-hybridized carbons (Fsp3) is 0.941. The van der Waals surface area contributed by atoms with Crippen LogP contribution in [0.1, 0.15) is 65.7 Å². The molecule has 0 spiro atoms. The number of hydrogen-bond acceptors (Lipinski definition) is 0. The van der Waals surface area contributed by atoms with Crippen LogP contribution in [0.2, 0.25) is 0 Å². The van der Waals surface area contributed by atoms with Crippen LogP contribution >= 0.6 is 8.20 Å². The van der Waals surface area contributed by atoms with Gasteiger partial charge in [-0.1, -0.05) is 26.6 Å². The summed E-state index contributed by atoms with van der Waals surface area (Å²) in [5.74, 6) is 5.94. The van der Waals surface area contributed by atoms with Gasteiger partial charge in [-0.25, -0.2) is 0 Å². The van der Waals surface area contributed by atoms with Gasteiger partial charge in [0.2, 0.25) is 0 Å². The van der Waals surface area contributed by atoms with Crippen LogP contribution in [0, 0.1) is 28.6 Å². The molecule has 0 N–H and O–H groups in total. The lowest BCUT2D eigenvalue weighted by molar-refractivity contribution is -0.0383. The molecule has 0 unspecified atom stereocenters. The lowest BCUT2D eigenvalue weighted by Crippen LogP contribution is -2.46. The van der Waals surface area contributed by atoms with Gasteiger partial charge in [0.15, 0.2) is 0 Å². The summed E-state index contributed by atoms with van der Waals surface area (Å²) in [6.45, 7) is 7.09. The number of hydrogen-bond donors (Lipinski definition) is 0. The molecule has 4 aliphatic carbocycles. The molecule has 0 aromatic carbocycles. The second-order valence-corrected chi connectivity index (χ2v) is 9.17. The Morgan fingerprint density at radius 3 is 2.00 bits per heavy atom. The first-order chi connectivity index (χ1) is 8.50. The van der Waals surface area contributed by atoms with Crippen molar-refractivity contribution in [2.75, 3.05) is 6.16 Å². The Balaban J connectivity index is 1.66. The van der Waals surface area contributed by atoms with E-state index < -0.39 is 0 Å². The molecule has 0 saturated heterocycles. The lowest BCUT2D eigenvalue weighted by atomic mass is 9.50. The van der Waals surface area contributed by atoms with Crippen LogP contribution in [0.15, 0.2) is 0 Å². The Hall–Kier alpha value is 0.170. The van der Waals surface area contributed by atoms with Gasteiger partial charge < -0.3 is 0 Å². The topological polar surface area (TPSA) is 0 Å². The Bertz CT molecular complexity index is 304. The first-order valence-corrected chi connectivity index (χ1v) is 9.16. The summed E-state index contributed by atoms with van der Waals surface area (Å²) in [5.41, 5.74) is 1.22. The minimum Gasteiger partial charge on any atom is -0.108 e. The van der Waals surface area contributed by atoms with Crippen molar-refractivity contribution in [1.29, 1.82) is 0 Å². The van der Waals surface area contributed by atoms with Gasteiger partial charge in [-0.2, -0.15) is 0 Å². The Kier molecular flexibility index (Phi) is 3.38. The summed E-state index contributed by atoms with van der Waals surface area (Å²) in [4.78, 5) is 0. The van der Waals surface area contributed by atoms with Gasteiger partial charge in [-0.3, -0.25) is 0 Å². The van der Waals surface area contributed by atoms with Crippen molar-refractivity contribution >= 4 is 14.0 Å². The average molecular weight is 264 g/mol. The number of rotatable bonds is 4. The fourth-order valence-electron chi connectivity index (χ4n) is 5.06. The highest BCUT2D eigenvalue weighted by molar-refractivity contribution is 7.38. The predicted molar refractivity (Wildman–Crippen MR) is 82.5 cm³/mol. The van der Waals surface area contributed by atoms with Crippen LogP contribution in [0.5, 0.6) is 0 Å². The van der Waals surface area contributed by atoms with Crippen molar-refractivity contribution in [1.82, 2.24) is 0 Å². The second-order valence-electron chi connectivity index (χ2n) is 8.23. The summed E-state index contributed by atoms with van der Waals surface area (Å²) in [7, 11) is 1.63. The third kappa shape index (κ3) is 2.55. The molecule has 4 fully saturated rings. The van der Waals surface area contributed by atoms with E-state index in [0.717, 1.165) is 23.2 Å². The van der Waals surface area contributed by atoms with Crippen molar-refractivity contribution in [3.63, 3.8) is 0 Å². The molecule has 4 saturated carbocycles. The maximum absolute atomic E-state index is 2.59. The molecule has 0 aromatic rings. The van der Waals surface area contributed by atoms with Crippen molar-refractivity contribution < 1.29 is 0 Å². The fourth-order valence-corrected chi connectivity index (χ4v) is 6.60. The van der Waals surface area contributed by atoms with Crippen molar-refractivity contribution in [3.05, 3.63) is 0 Å². The predicted octanol–water partition coefficient (Wildman–Crippen LogP) is 5.39. The molecule has 0 nitrogen and oxygen atoms in total. The molecule has 0 radical (unpaired) electrons. The van der Waals surface area contributed by atoms with Crippen LogP contribution in [0.3, 0.4) is 0 Å². The molecule has 102 valence electrons. The van der Waals surface area contributed by atoms with Gasteiger partial charge in [0.05, 0.1) is 0 Å². The highest BCUT2D eigenvalue weighted by atomic mass is 31.1. The molecule has 0 aromatic heterocycles. The Morgan fingerprint density at radius 1 is 1.06 bits per heavy atom. The summed E-state index contributed by atoms with van der Waals surface area (Å²) < 4.78 is 0. The Labute approximate surface area is 115 Å². The van der Waals surface area contributed by atoms with Crippen LogP contribution in [0.25, 0.3) is 0 Å². The largest absolute Gasteiger partial charge is 0.108 e. The van der Waals surface area contributed by atoms with E-state index in [-0.39, 0.29) is 0 Å². The maximum Gasteiger partial charge on any atom is -0.00521 e. The Morgan fingerprint density at radius 2 is 1.56 bits per heavy atom. The summed E-state index contributed by atoms with van der Waals surface area (Å²) in [6, 6.07) is 0. The first-order valence-electron chi connectivity index (χ1n) is 8.01. The molecule has 4 aliphatic rings.